The van der Waals surface area contributed by atoms with Crippen molar-refractivity contribution < 1.29 is 24.0 Å². The Morgan fingerprint density at radius 3 is 2.70 bits per heavy atom. The lowest BCUT2D eigenvalue weighted by Crippen LogP contribution is -2.36. The van der Waals surface area contributed by atoms with Crippen molar-refractivity contribution in [1.29, 1.82) is 0 Å². The topological polar surface area (TPSA) is 111 Å². The Bertz CT molecular complexity index is 688. The molecule has 0 radical (unpaired) electrons. The van der Waals surface area contributed by atoms with E-state index in [9.17, 15) is 19.7 Å². The summed E-state index contributed by atoms with van der Waals surface area (Å²) in [5, 5.41) is 14.1. The number of rotatable bonds is 8. The van der Waals surface area contributed by atoms with Crippen LogP contribution in [0.5, 0.6) is 0 Å². The molecule has 1 aromatic carbocycles. The molecule has 0 spiro atoms. The lowest BCUT2D eigenvalue weighted by molar-refractivity contribution is -0.384. The zero-order valence-electron chi connectivity index (χ0n) is 15.6. The molecule has 0 aromatic heterocycles. The number of hydrogen-bond acceptors (Lipinski definition) is 7. The number of benzene rings is 1. The van der Waals surface area contributed by atoms with E-state index in [1.807, 2.05) is 18.7 Å². The quantitative estimate of drug-likeness (QED) is 0.417. The van der Waals surface area contributed by atoms with Crippen LogP contribution in [0.15, 0.2) is 18.2 Å². The summed E-state index contributed by atoms with van der Waals surface area (Å²) in [6.45, 7) is 5.53. The van der Waals surface area contributed by atoms with Gasteiger partial charge in [0, 0.05) is 25.2 Å². The maximum atomic E-state index is 12.2. The molecule has 148 valence electrons. The van der Waals surface area contributed by atoms with Crippen LogP contribution >= 0.6 is 0 Å². The van der Waals surface area contributed by atoms with Crippen molar-refractivity contribution in [3.8, 4) is 0 Å². The standard InChI is InChI=1S/C18H25N3O6/c1-3-4-13(2)19-17(22)12-27-18(23)14-5-6-15(16(11-14)21(24)25)20-7-9-26-10-8-20/h5-6,11,13H,3-4,7-10,12H2,1-2H3,(H,19,22)/t13-/m1/s1. The van der Waals surface area contributed by atoms with Crippen molar-refractivity contribution >= 4 is 23.3 Å². The van der Waals surface area contributed by atoms with Gasteiger partial charge in [0.25, 0.3) is 11.6 Å². The Balaban J connectivity index is 2.02. The molecule has 0 aliphatic carbocycles. The largest absolute Gasteiger partial charge is 0.452 e. The first-order chi connectivity index (χ1) is 12.9. The minimum atomic E-state index is -0.773. The third-order valence-corrected chi connectivity index (χ3v) is 4.22. The number of ether oxygens (including phenoxy) is 2. The van der Waals surface area contributed by atoms with Crippen LogP contribution in [0.1, 0.15) is 37.0 Å². The molecule has 1 fully saturated rings. The molecule has 1 saturated heterocycles. The fraction of sp³-hybridized carbons (Fsp3) is 0.556. The summed E-state index contributed by atoms with van der Waals surface area (Å²) in [7, 11) is 0. The van der Waals surface area contributed by atoms with E-state index in [-0.39, 0.29) is 17.3 Å². The molecule has 2 rings (SSSR count). The summed E-state index contributed by atoms with van der Waals surface area (Å²) in [5.41, 5.74) is 0.298. The van der Waals surface area contributed by atoms with Gasteiger partial charge in [0.05, 0.1) is 23.7 Å². The van der Waals surface area contributed by atoms with Gasteiger partial charge in [0.2, 0.25) is 0 Å². The van der Waals surface area contributed by atoms with Crippen molar-refractivity contribution in [1.82, 2.24) is 5.32 Å². The van der Waals surface area contributed by atoms with Crippen molar-refractivity contribution in [3.63, 3.8) is 0 Å². The predicted octanol–water partition coefficient (Wildman–Crippen LogP) is 1.89. The highest BCUT2D eigenvalue weighted by molar-refractivity contribution is 5.93. The van der Waals surface area contributed by atoms with E-state index in [1.165, 1.54) is 18.2 Å². The summed E-state index contributed by atoms with van der Waals surface area (Å²) >= 11 is 0. The molecule has 1 aliphatic rings. The van der Waals surface area contributed by atoms with Crippen molar-refractivity contribution in [2.24, 2.45) is 0 Å². The first-order valence-electron chi connectivity index (χ1n) is 9.00. The fourth-order valence-corrected chi connectivity index (χ4v) is 2.90. The molecule has 0 unspecified atom stereocenters. The van der Waals surface area contributed by atoms with Crippen molar-refractivity contribution in [2.45, 2.75) is 32.7 Å². The van der Waals surface area contributed by atoms with Crippen LogP contribution < -0.4 is 10.2 Å². The minimum absolute atomic E-state index is 0.00454. The number of nitrogens with one attached hydrogen (secondary N) is 1. The monoisotopic (exact) mass is 379 g/mol. The smallest absolute Gasteiger partial charge is 0.338 e. The molecular weight excluding hydrogens is 354 g/mol. The van der Waals surface area contributed by atoms with Crippen LogP contribution in [-0.4, -0.2) is 55.8 Å². The van der Waals surface area contributed by atoms with Crippen LogP contribution in [0, 0.1) is 10.1 Å². The second kappa shape index (κ2) is 9.86. The third kappa shape index (κ3) is 5.92. The maximum Gasteiger partial charge on any atom is 0.338 e. The Kier molecular flexibility index (Phi) is 7.54. The van der Waals surface area contributed by atoms with Gasteiger partial charge in [0.15, 0.2) is 6.61 Å². The Hall–Kier alpha value is -2.68. The fourth-order valence-electron chi connectivity index (χ4n) is 2.90. The summed E-state index contributed by atoms with van der Waals surface area (Å²) in [5.74, 6) is -1.17. The summed E-state index contributed by atoms with van der Waals surface area (Å²) < 4.78 is 10.2. The molecule has 1 heterocycles. The van der Waals surface area contributed by atoms with E-state index in [4.69, 9.17) is 9.47 Å². The molecule has 27 heavy (non-hydrogen) atoms. The Labute approximate surface area is 157 Å². The van der Waals surface area contributed by atoms with Crippen LogP contribution in [0.4, 0.5) is 11.4 Å². The average Bonchev–Trinajstić information content (AvgIpc) is 2.66. The molecular formula is C18H25N3O6. The van der Waals surface area contributed by atoms with E-state index in [0.29, 0.717) is 32.0 Å². The molecule has 1 aliphatic heterocycles. The van der Waals surface area contributed by atoms with Gasteiger partial charge in [-0.25, -0.2) is 4.79 Å². The number of hydrogen-bond donors (Lipinski definition) is 1. The number of esters is 1. The van der Waals surface area contributed by atoms with Crippen molar-refractivity contribution in [2.75, 3.05) is 37.8 Å². The van der Waals surface area contributed by atoms with Gasteiger partial charge >= 0.3 is 5.97 Å². The van der Waals surface area contributed by atoms with E-state index in [1.54, 1.807) is 0 Å². The second-order valence-electron chi connectivity index (χ2n) is 6.39. The van der Waals surface area contributed by atoms with Crippen LogP contribution in [0.25, 0.3) is 0 Å². The Morgan fingerprint density at radius 2 is 2.07 bits per heavy atom. The van der Waals surface area contributed by atoms with E-state index < -0.39 is 23.4 Å². The van der Waals surface area contributed by atoms with Crippen LogP contribution in [-0.2, 0) is 14.3 Å². The normalized spacial score (nSPS) is 15.1. The van der Waals surface area contributed by atoms with Gasteiger partial charge in [0.1, 0.15) is 5.69 Å². The Morgan fingerprint density at radius 1 is 1.37 bits per heavy atom. The van der Waals surface area contributed by atoms with Gasteiger partial charge < -0.3 is 19.7 Å². The SMILES string of the molecule is CCC[C@@H](C)NC(=O)COC(=O)c1ccc(N2CCOCC2)c([N+](=O)[O-])c1. The van der Waals surface area contributed by atoms with Gasteiger partial charge in [-0.3, -0.25) is 14.9 Å². The minimum Gasteiger partial charge on any atom is -0.452 e. The van der Waals surface area contributed by atoms with Gasteiger partial charge in [-0.05, 0) is 25.5 Å². The van der Waals surface area contributed by atoms with Gasteiger partial charge in [-0.2, -0.15) is 0 Å². The molecule has 9 heteroatoms. The number of carbonyl (C=O) groups is 2. The highest BCUT2D eigenvalue weighted by Crippen LogP contribution is 2.30. The number of carbonyl (C=O) groups excluding carboxylic acids is 2. The number of nitro benzene ring substituents is 1. The lowest BCUT2D eigenvalue weighted by Gasteiger charge is -2.28. The lowest BCUT2D eigenvalue weighted by atomic mass is 10.1. The molecule has 1 aromatic rings. The van der Waals surface area contributed by atoms with Crippen LogP contribution in [0.3, 0.4) is 0 Å². The molecule has 9 nitrogen and oxygen atoms in total. The van der Waals surface area contributed by atoms with Gasteiger partial charge in [-0.15, -0.1) is 0 Å². The summed E-state index contributed by atoms with van der Waals surface area (Å²) in [6.07, 6.45) is 1.76. The molecule has 0 bridgehead atoms. The highest BCUT2D eigenvalue weighted by atomic mass is 16.6. The average molecular weight is 379 g/mol. The van der Waals surface area contributed by atoms with Crippen molar-refractivity contribution in [3.05, 3.63) is 33.9 Å². The van der Waals surface area contributed by atoms with Gasteiger partial charge in [-0.1, -0.05) is 13.3 Å². The third-order valence-electron chi connectivity index (χ3n) is 4.22. The number of anilines is 1. The van der Waals surface area contributed by atoms with E-state index in [0.717, 1.165) is 12.8 Å². The predicted molar refractivity (Wildman–Crippen MR) is 98.9 cm³/mol. The number of morpholine rings is 1. The van der Waals surface area contributed by atoms with E-state index >= 15 is 0 Å². The summed E-state index contributed by atoms with van der Waals surface area (Å²) in [4.78, 5) is 36.7. The highest BCUT2D eigenvalue weighted by Gasteiger charge is 2.24. The van der Waals surface area contributed by atoms with E-state index in [2.05, 4.69) is 5.32 Å². The molecule has 1 amide bonds. The number of nitrogens with zero attached hydrogens (tertiary/aromatic N) is 2. The zero-order chi connectivity index (χ0) is 19.8. The molecule has 1 atom stereocenters. The summed E-state index contributed by atoms with van der Waals surface area (Å²) in [6, 6.07) is 4.18. The van der Waals surface area contributed by atoms with Crippen LogP contribution in [0.2, 0.25) is 0 Å². The molecule has 0 saturated carbocycles. The second-order valence-corrected chi connectivity index (χ2v) is 6.39. The molecule has 1 N–H and O–H groups in total. The maximum absolute atomic E-state index is 12.2. The number of nitro groups is 1. The number of amides is 1. The first kappa shape index (κ1) is 20.6. The first-order valence-corrected chi connectivity index (χ1v) is 9.00. The zero-order valence-corrected chi connectivity index (χ0v) is 15.6.